The number of aliphatic hydroxyl groups is 14. The Kier molecular flexibility index (Phi) is 21.3. The third-order valence-electron chi connectivity index (χ3n) is 23.6. The van der Waals surface area contributed by atoms with Gasteiger partial charge >= 0.3 is 23.9 Å². The molecule has 34 atom stereocenters. The zero-order valence-electron chi connectivity index (χ0n) is 54.3. The van der Waals surface area contributed by atoms with Crippen LogP contribution in [0.3, 0.4) is 0 Å². The summed E-state index contributed by atoms with van der Waals surface area (Å²) in [5, 5.41) is 165. The summed E-state index contributed by atoms with van der Waals surface area (Å²) >= 11 is 0. The fourth-order valence-electron chi connectivity index (χ4n) is 18.5. The number of carboxylic acids is 1. The summed E-state index contributed by atoms with van der Waals surface area (Å²) < 4.78 is 72.0. The SMILES string of the molecule is CC(=O)O[C@H]1[C@@H](OC(C)=O)[C@@H](C)O[C@@H](OC(=O)[C@]23CCC(C)(C)CC2C2=CC[C@@H]4[C@@]5(C)C[C@H](O)[C@H](O[C@@H]6O[C@H](CO)[C@@H](O)[C@H](O)[C@H]6O[C@@H]6O[C@H](CO)[C@@H](O)[C@H](O)[C@H]6O)[C@@](C)(C(=O)O)C5CC[C@@]4(C)[C@]2(CO)CC3)[C@@H]1O[C@@H]1O[C@@H](C)[C@H](O[C@@H]2OC[C@@H](O)[C@H](O)[C@H]2O)[C@@H](O)[C@H]1O. The Labute approximate surface area is 543 Å². The van der Waals surface area contributed by atoms with E-state index in [0.717, 1.165) is 19.4 Å². The standard InChI is InChI=1S/C63H98O31/c1-24-45(90-51-42(77)36(71)31(70)22-83-51)41(76)44(79)52(84-24)92-49-48(87-27(4)68)46(86-26(3)67)25(2)85-55(49)94-57(82)62-15-14-58(5,6)18-29(62)28-10-11-34-59(7)19-30(69)50(61(9,56(80)81)35(59)12-13-60(34,8)63(28,23-66)17-16-62)93-54-47(40(75)38(73)33(21-65)89-54)91-53-43(78)39(74)37(72)32(20-64)88-53/h10,24-25,29-55,64-66,69-79H,11-23H2,1-9H3,(H,80,81)/t24-,25+,29?,30-,31+,32+,33+,34+,35?,36-,37+,38+,39-,40-,41-,42+,43+,44+,45-,46-,47+,48-,49+,50-,51-,52-,53-,54-,55-,59+,60+,61-,62-,63-/m0/s1. The van der Waals surface area contributed by atoms with E-state index >= 15 is 4.79 Å². The van der Waals surface area contributed by atoms with Gasteiger partial charge in [-0.1, -0.05) is 39.3 Å². The highest BCUT2D eigenvalue weighted by atomic mass is 16.8. The average Bonchev–Trinajstić information content (AvgIpc) is 0.670. The molecule has 0 aromatic carbocycles. The van der Waals surface area contributed by atoms with E-state index < -0.39 is 255 Å². The number of allylic oxidation sites excluding steroid dienone is 1. The smallest absolute Gasteiger partial charge is 0.315 e. The molecule has 4 saturated carbocycles. The summed E-state index contributed by atoms with van der Waals surface area (Å²) in [6.07, 6.45) is -39.7. The Morgan fingerprint density at radius 1 is 0.532 bits per heavy atom. The number of esters is 3. The predicted molar refractivity (Wildman–Crippen MR) is 310 cm³/mol. The van der Waals surface area contributed by atoms with E-state index in [9.17, 15) is 91.0 Å². The zero-order valence-corrected chi connectivity index (χ0v) is 54.3. The molecule has 31 heteroatoms. The van der Waals surface area contributed by atoms with Crippen LogP contribution in [0.15, 0.2) is 11.6 Å². The van der Waals surface area contributed by atoms with Crippen LogP contribution >= 0.6 is 0 Å². The molecule has 5 aliphatic carbocycles. The summed E-state index contributed by atoms with van der Waals surface area (Å²) in [6, 6.07) is 0. The fraction of sp³-hybridized carbons (Fsp3) is 0.905. The molecule has 9 fully saturated rings. The molecule has 10 rings (SSSR count). The Bertz CT molecular complexity index is 2760. The maximum Gasteiger partial charge on any atom is 0.315 e. The van der Waals surface area contributed by atoms with Crippen molar-refractivity contribution < 1.29 is 153 Å². The summed E-state index contributed by atoms with van der Waals surface area (Å²) in [5.74, 6) is -5.66. The highest BCUT2D eigenvalue weighted by molar-refractivity contribution is 5.79. The highest BCUT2D eigenvalue weighted by Crippen LogP contribution is 2.76. The van der Waals surface area contributed by atoms with Crippen molar-refractivity contribution in [2.24, 2.45) is 50.2 Å². The highest BCUT2D eigenvalue weighted by Gasteiger charge is 2.74. The first kappa shape index (κ1) is 73.4. The minimum Gasteiger partial charge on any atom is -0.481 e. The van der Waals surface area contributed by atoms with Crippen LogP contribution in [0.25, 0.3) is 0 Å². The Balaban J connectivity index is 0.942. The third kappa shape index (κ3) is 12.4. The van der Waals surface area contributed by atoms with Crippen molar-refractivity contribution in [2.45, 2.75) is 280 Å². The normalized spacial score (nSPS) is 51.7. The van der Waals surface area contributed by atoms with Crippen LogP contribution in [0, 0.1) is 50.2 Å². The van der Waals surface area contributed by atoms with Crippen LogP contribution in [0.4, 0.5) is 0 Å². The molecule has 0 amide bonds. The van der Waals surface area contributed by atoms with Gasteiger partial charge in [-0.2, -0.15) is 0 Å². The maximum atomic E-state index is 15.9. The minimum atomic E-state index is -2.00. The molecule has 31 nitrogen and oxygen atoms in total. The van der Waals surface area contributed by atoms with Crippen molar-refractivity contribution in [2.75, 3.05) is 26.4 Å². The number of aliphatic carboxylic acids is 1. The predicted octanol–water partition coefficient (Wildman–Crippen LogP) is -3.37. The monoisotopic (exact) mass is 1350 g/mol. The zero-order chi connectivity index (χ0) is 69.0. The molecule has 0 spiro atoms. The number of carboxylic acid groups (broad SMARTS) is 1. The Hall–Kier alpha value is -3.30. The first-order valence-corrected chi connectivity index (χ1v) is 32.7. The molecule has 5 heterocycles. The quantitative estimate of drug-likeness (QED) is 0.0310. The van der Waals surface area contributed by atoms with Crippen molar-refractivity contribution in [1.82, 2.24) is 0 Å². The molecule has 10 aliphatic rings. The second-order valence-electron chi connectivity index (χ2n) is 29.6. The Morgan fingerprint density at radius 2 is 1.07 bits per heavy atom. The van der Waals surface area contributed by atoms with Gasteiger partial charge in [-0.05, 0) is 113 Å². The molecule has 0 bridgehead atoms. The number of rotatable bonds is 16. The van der Waals surface area contributed by atoms with Crippen LogP contribution in [-0.4, -0.2) is 287 Å². The van der Waals surface area contributed by atoms with Crippen LogP contribution in [0.1, 0.15) is 120 Å². The number of hydrogen-bond donors (Lipinski definition) is 15. The van der Waals surface area contributed by atoms with Crippen molar-refractivity contribution in [1.29, 1.82) is 0 Å². The van der Waals surface area contributed by atoms with Crippen molar-refractivity contribution in [3.05, 3.63) is 11.6 Å². The number of hydrogen-bond acceptors (Lipinski definition) is 30. The number of fused-ring (bicyclic) bond motifs is 7. The van der Waals surface area contributed by atoms with Gasteiger partial charge in [-0.3, -0.25) is 19.2 Å². The van der Waals surface area contributed by atoms with Gasteiger partial charge in [0.1, 0.15) is 91.6 Å². The number of carbonyl (C=O) groups excluding carboxylic acids is 3. The molecular weight excluding hydrogens is 1250 g/mol. The second kappa shape index (κ2) is 27.3. The molecular formula is C63H98O31. The van der Waals surface area contributed by atoms with E-state index in [4.69, 9.17) is 56.8 Å². The van der Waals surface area contributed by atoms with Gasteiger partial charge in [0.05, 0.1) is 55.6 Å². The molecule has 0 aromatic rings. The lowest BCUT2D eigenvalue weighted by Gasteiger charge is -2.71. The fourth-order valence-corrected chi connectivity index (χ4v) is 18.5. The lowest BCUT2D eigenvalue weighted by molar-refractivity contribution is -0.382. The van der Waals surface area contributed by atoms with Gasteiger partial charge in [0.15, 0.2) is 43.5 Å². The van der Waals surface area contributed by atoms with Crippen LogP contribution in [0.2, 0.25) is 0 Å². The number of carbonyl (C=O) groups is 4. The van der Waals surface area contributed by atoms with Gasteiger partial charge in [-0.15, -0.1) is 0 Å². The van der Waals surface area contributed by atoms with Gasteiger partial charge < -0.3 is 133 Å². The van der Waals surface area contributed by atoms with Gasteiger partial charge in [0.2, 0.25) is 6.29 Å². The van der Waals surface area contributed by atoms with Gasteiger partial charge in [-0.25, -0.2) is 0 Å². The Morgan fingerprint density at radius 3 is 1.70 bits per heavy atom. The molecule has 5 saturated heterocycles. The first-order valence-electron chi connectivity index (χ1n) is 32.7. The van der Waals surface area contributed by atoms with E-state index in [1.165, 1.54) is 20.8 Å². The molecule has 5 aliphatic heterocycles. The number of aliphatic hydroxyl groups excluding tert-OH is 14. The molecule has 94 heavy (non-hydrogen) atoms. The lowest BCUT2D eigenvalue weighted by atomic mass is 9.33. The van der Waals surface area contributed by atoms with E-state index in [1.807, 2.05) is 13.0 Å². The van der Waals surface area contributed by atoms with Gasteiger partial charge in [0, 0.05) is 19.3 Å². The van der Waals surface area contributed by atoms with Gasteiger partial charge in [0.25, 0.3) is 0 Å². The van der Waals surface area contributed by atoms with Crippen molar-refractivity contribution in [3.8, 4) is 0 Å². The molecule has 536 valence electrons. The minimum absolute atomic E-state index is 0.0797. The van der Waals surface area contributed by atoms with E-state index in [-0.39, 0.29) is 37.5 Å². The van der Waals surface area contributed by atoms with Crippen LogP contribution in [-0.2, 0) is 76.0 Å². The average molecular weight is 1350 g/mol. The summed E-state index contributed by atoms with van der Waals surface area (Å²) in [5.41, 5.74) is -5.84. The first-order chi connectivity index (χ1) is 44.0. The molecule has 15 N–H and O–H groups in total. The lowest BCUT2D eigenvalue weighted by Crippen LogP contribution is -2.71. The third-order valence-corrected chi connectivity index (χ3v) is 23.6. The van der Waals surface area contributed by atoms with E-state index in [1.54, 1.807) is 0 Å². The second-order valence-corrected chi connectivity index (χ2v) is 29.6. The van der Waals surface area contributed by atoms with Crippen LogP contribution < -0.4 is 0 Å². The summed E-state index contributed by atoms with van der Waals surface area (Å²) in [6.45, 7) is 12.1. The van der Waals surface area contributed by atoms with E-state index in [0.29, 0.717) is 25.7 Å². The van der Waals surface area contributed by atoms with Crippen molar-refractivity contribution in [3.63, 3.8) is 0 Å². The number of ether oxygens (including phenoxy) is 12. The van der Waals surface area contributed by atoms with E-state index in [2.05, 4.69) is 20.8 Å². The summed E-state index contributed by atoms with van der Waals surface area (Å²) in [4.78, 5) is 55.8. The largest absolute Gasteiger partial charge is 0.481 e. The van der Waals surface area contributed by atoms with Crippen LogP contribution in [0.5, 0.6) is 0 Å². The molecule has 0 aromatic heterocycles. The molecule has 0 radical (unpaired) electrons. The maximum absolute atomic E-state index is 15.9. The topological polar surface area (TPSA) is 482 Å². The van der Waals surface area contributed by atoms with Crippen molar-refractivity contribution >= 4 is 23.9 Å². The summed E-state index contributed by atoms with van der Waals surface area (Å²) in [7, 11) is 0. The molecule has 2 unspecified atom stereocenters.